The van der Waals surface area contributed by atoms with E-state index in [0.717, 1.165) is 38.8 Å². The highest BCUT2D eigenvalue weighted by Gasteiger charge is 2.33. The molecule has 1 N–H and O–H groups in total. The Bertz CT molecular complexity index is 326. The second-order valence-electron chi connectivity index (χ2n) is 5.69. The van der Waals surface area contributed by atoms with Gasteiger partial charge in [0.15, 0.2) is 0 Å². The van der Waals surface area contributed by atoms with E-state index in [9.17, 15) is 4.79 Å². The van der Waals surface area contributed by atoms with Crippen LogP contribution in [0.2, 0.25) is 0 Å². The second kappa shape index (κ2) is 4.81. The predicted octanol–water partition coefficient (Wildman–Crippen LogP) is 1.70. The first-order valence-electron chi connectivity index (χ1n) is 7.03. The Labute approximate surface area is 103 Å². The first-order valence-corrected chi connectivity index (χ1v) is 7.03. The molecule has 3 aliphatic rings. The number of nitrogens with one attached hydrogen (secondary N) is 1. The van der Waals surface area contributed by atoms with E-state index < -0.39 is 0 Å². The molecule has 1 aliphatic carbocycles. The number of allylic oxidation sites excluding steroid dienone is 2. The summed E-state index contributed by atoms with van der Waals surface area (Å²) in [6.07, 6.45) is 11.2. The Morgan fingerprint density at radius 2 is 2.00 bits per heavy atom. The SMILES string of the molecule is O=C(C1CC=CCC1)N1CCC2CCC(C1)N2. The van der Waals surface area contributed by atoms with Crippen molar-refractivity contribution in [3.63, 3.8) is 0 Å². The normalized spacial score (nSPS) is 36.9. The molecule has 1 amide bonds. The van der Waals surface area contributed by atoms with Crippen LogP contribution in [0.1, 0.15) is 38.5 Å². The number of likely N-dealkylation sites (tertiary alicyclic amines) is 1. The Balaban J connectivity index is 1.63. The van der Waals surface area contributed by atoms with Gasteiger partial charge in [-0.25, -0.2) is 0 Å². The van der Waals surface area contributed by atoms with Gasteiger partial charge in [-0.15, -0.1) is 0 Å². The lowest BCUT2D eigenvalue weighted by atomic mass is 9.92. The smallest absolute Gasteiger partial charge is 0.226 e. The fourth-order valence-corrected chi connectivity index (χ4v) is 3.42. The maximum absolute atomic E-state index is 12.4. The number of nitrogens with zero attached hydrogens (tertiary/aromatic N) is 1. The first kappa shape index (κ1) is 11.3. The van der Waals surface area contributed by atoms with Crippen LogP contribution in [0.3, 0.4) is 0 Å². The van der Waals surface area contributed by atoms with Crippen LogP contribution in [0, 0.1) is 5.92 Å². The van der Waals surface area contributed by atoms with Gasteiger partial charge < -0.3 is 10.2 Å². The van der Waals surface area contributed by atoms with E-state index in [1.54, 1.807) is 0 Å². The highest BCUT2D eigenvalue weighted by atomic mass is 16.2. The topological polar surface area (TPSA) is 32.3 Å². The highest BCUT2D eigenvalue weighted by Crippen LogP contribution is 2.25. The van der Waals surface area contributed by atoms with Crippen LogP contribution in [0.4, 0.5) is 0 Å². The summed E-state index contributed by atoms with van der Waals surface area (Å²) in [4.78, 5) is 14.6. The molecular weight excluding hydrogens is 212 g/mol. The average molecular weight is 234 g/mol. The number of rotatable bonds is 1. The molecule has 2 saturated heterocycles. The van der Waals surface area contributed by atoms with Gasteiger partial charge >= 0.3 is 0 Å². The van der Waals surface area contributed by atoms with Crippen LogP contribution in [-0.4, -0.2) is 36.0 Å². The Morgan fingerprint density at radius 3 is 2.82 bits per heavy atom. The summed E-state index contributed by atoms with van der Waals surface area (Å²) in [7, 11) is 0. The number of hydrogen-bond acceptors (Lipinski definition) is 2. The van der Waals surface area contributed by atoms with E-state index >= 15 is 0 Å². The molecule has 0 saturated carbocycles. The van der Waals surface area contributed by atoms with Crippen molar-refractivity contribution < 1.29 is 4.79 Å². The lowest BCUT2D eigenvalue weighted by molar-refractivity contribution is -0.136. The van der Waals surface area contributed by atoms with Crippen molar-refractivity contribution in [2.45, 2.75) is 50.6 Å². The third kappa shape index (κ3) is 2.39. The number of amides is 1. The minimum atomic E-state index is 0.261. The molecule has 2 fully saturated rings. The molecule has 0 aromatic heterocycles. The number of carbonyl (C=O) groups excluding carboxylic acids is 1. The predicted molar refractivity (Wildman–Crippen MR) is 67.6 cm³/mol. The summed E-state index contributed by atoms with van der Waals surface area (Å²) < 4.78 is 0. The highest BCUT2D eigenvalue weighted by molar-refractivity contribution is 5.79. The molecule has 2 bridgehead atoms. The zero-order chi connectivity index (χ0) is 11.7. The van der Waals surface area contributed by atoms with Crippen molar-refractivity contribution >= 4 is 5.91 Å². The molecule has 3 heteroatoms. The fourth-order valence-electron chi connectivity index (χ4n) is 3.42. The number of carbonyl (C=O) groups is 1. The third-order valence-electron chi connectivity index (χ3n) is 4.45. The standard InChI is InChI=1S/C14H22N2O/c17-14(11-4-2-1-3-5-11)16-9-8-12-6-7-13(10-16)15-12/h1-2,11-13,15H,3-10H2. The first-order chi connectivity index (χ1) is 8.33. The van der Waals surface area contributed by atoms with Gasteiger partial charge in [-0.1, -0.05) is 12.2 Å². The zero-order valence-corrected chi connectivity index (χ0v) is 10.4. The molecule has 0 spiro atoms. The molecular formula is C14H22N2O. The van der Waals surface area contributed by atoms with Gasteiger partial charge in [-0.05, 0) is 38.5 Å². The molecule has 3 nitrogen and oxygen atoms in total. The van der Waals surface area contributed by atoms with Crippen molar-refractivity contribution in [2.75, 3.05) is 13.1 Å². The molecule has 3 atom stereocenters. The zero-order valence-electron chi connectivity index (χ0n) is 10.4. The van der Waals surface area contributed by atoms with E-state index in [4.69, 9.17) is 0 Å². The van der Waals surface area contributed by atoms with E-state index in [0.29, 0.717) is 18.0 Å². The quantitative estimate of drug-likeness (QED) is 0.700. The number of hydrogen-bond donors (Lipinski definition) is 1. The van der Waals surface area contributed by atoms with Crippen molar-refractivity contribution in [1.29, 1.82) is 0 Å². The number of fused-ring (bicyclic) bond motifs is 2. The van der Waals surface area contributed by atoms with Crippen molar-refractivity contribution in [2.24, 2.45) is 5.92 Å². The monoisotopic (exact) mass is 234 g/mol. The van der Waals surface area contributed by atoms with Crippen molar-refractivity contribution in [3.05, 3.63) is 12.2 Å². The summed E-state index contributed by atoms with van der Waals surface area (Å²) in [6, 6.07) is 1.23. The van der Waals surface area contributed by atoms with Crippen LogP contribution in [0.15, 0.2) is 12.2 Å². The summed E-state index contributed by atoms with van der Waals surface area (Å²) in [5, 5.41) is 3.63. The van der Waals surface area contributed by atoms with Gasteiger partial charge in [0.1, 0.15) is 0 Å². The van der Waals surface area contributed by atoms with Crippen LogP contribution in [0.25, 0.3) is 0 Å². The van der Waals surface area contributed by atoms with Gasteiger partial charge in [-0.3, -0.25) is 4.79 Å². The molecule has 17 heavy (non-hydrogen) atoms. The van der Waals surface area contributed by atoms with Gasteiger partial charge in [0.2, 0.25) is 5.91 Å². The fraction of sp³-hybridized carbons (Fsp3) is 0.786. The van der Waals surface area contributed by atoms with Crippen LogP contribution >= 0.6 is 0 Å². The molecule has 2 heterocycles. The van der Waals surface area contributed by atoms with Crippen molar-refractivity contribution in [3.8, 4) is 0 Å². The minimum Gasteiger partial charge on any atom is -0.341 e. The van der Waals surface area contributed by atoms with Gasteiger partial charge in [-0.2, -0.15) is 0 Å². The lowest BCUT2D eigenvalue weighted by Gasteiger charge is -2.29. The van der Waals surface area contributed by atoms with Gasteiger partial charge in [0.05, 0.1) is 0 Å². The molecule has 0 aromatic carbocycles. The summed E-state index contributed by atoms with van der Waals surface area (Å²) in [6.45, 7) is 1.91. The van der Waals surface area contributed by atoms with Crippen LogP contribution in [-0.2, 0) is 4.79 Å². The van der Waals surface area contributed by atoms with Gasteiger partial charge in [0.25, 0.3) is 0 Å². The molecule has 2 aliphatic heterocycles. The summed E-state index contributed by atoms with van der Waals surface area (Å²) in [5.74, 6) is 0.667. The van der Waals surface area contributed by atoms with Gasteiger partial charge in [0, 0.05) is 31.1 Å². The van der Waals surface area contributed by atoms with E-state index in [1.165, 1.54) is 12.8 Å². The van der Waals surface area contributed by atoms with E-state index in [-0.39, 0.29) is 5.92 Å². The Kier molecular flexibility index (Phi) is 3.19. The molecule has 3 rings (SSSR count). The Hall–Kier alpha value is -0.830. The van der Waals surface area contributed by atoms with Crippen molar-refractivity contribution in [1.82, 2.24) is 10.2 Å². The van der Waals surface area contributed by atoms with E-state index in [1.807, 2.05) is 0 Å². The molecule has 94 valence electrons. The maximum Gasteiger partial charge on any atom is 0.226 e. The molecule has 0 radical (unpaired) electrons. The van der Waals surface area contributed by atoms with E-state index in [2.05, 4.69) is 22.4 Å². The Morgan fingerprint density at radius 1 is 1.12 bits per heavy atom. The summed E-state index contributed by atoms with van der Waals surface area (Å²) >= 11 is 0. The third-order valence-corrected chi connectivity index (χ3v) is 4.45. The maximum atomic E-state index is 12.4. The largest absolute Gasteiger partial charge is 0.341 e. The lowest BCUT2D eigenvalue weighted by Crippen LogP contribution is -2.42. The molecule has 3 unspecified atom stereocenters. The summed E-state index contributed by atoms with van der Waals surface area (Å²) in [5.41, 5.74) is 0. The minimum absolute atomic E-state index is 0.261. The van der Waals surface area contributed by atoms with Crippen LogP contribution in [0.5, 0.6) is 0 Å². The average Bonchev–Trinajstić information content (AvgIpc) is 2.69. The second-order valence-corrected chi connectivity index (χ2v) is 5.69. The van der Waals surface area contributed by atoms with Crippen LogP contribution < -0.4 is 5.32 Å². The molecule has 0 aromatic rings.